The Morgan fingerprint density at radius 2 is 2.00 bits per heavy atom. The van der Waals surface area contributed by atoms with Crippen molar-refractivity contribution in [2.24, 2.45) is 11.7 Å². The topological polar surface area (TPSA) is 46.3 Å². The molecule has 1 aromatic carbocycles. The summed E-state index contributed by atoms with van der Waals surface area (Å²) in [5.41, 5.74) is 6.74. The van der Waals surface area contributed by atoms with Crippen LogP contribution in [0.4, 0.5) is 0 Å². The van der Waals surface area contributed by atoms with Crippen LogP contribution >= 0.6 is 23.2 Å². The predicted molar refractivity (Wildman–Crippen MR) is 80.4 cm³/mol. The van der Waals surface area contributed by atoms with E-state index in [9.17, 15) is 4.79 Å². The fraction of sp³-hybridized carbons (Fsp3) is 0.500. The molecule has 0 spiro atoms. The number of halogens is 2. The van der Waals surface area contributed by atoms with Crippen LogP contribution in [0.15, 0.2) is 18.2 Å². The van der Waals surface area contributed by atoms with Gasteiger partial charge in [0.05, 0.1) is 10.0 Å². The largest absolute Gasteiger partial charge is 0.341 e. The maximum atomic E-state index is 12.0. The molecule has 19 heavy (non-hydrogen) atoms. The lowest BCUT2D eigenvalue weighted by Gasteiger charge is -2.22. The molecule has 0 saturated carbocycles. The van der Waals surface area contributed by atoms with Crippen molar-refractivity contribution in [2.45, 2.75) is 32.9 Å². The number of benzene rings is 1. The maximum absolute atomic E-state index is 12.0. The van der Waals surface area contributed by atoms with Crippen LogP contribution in [0.5, 0.6) is 0 Å². The molecule has 0 aromatic heterocycles. The molecular weight excluding hydrogens is 283 g/mol. The molecule has 0 aliphatic carbocycles. The molecule has 0 aliphatic rings. The minimum atomic E-state index is -0.121. The van der Waals surface area contributed by atoms with Crippen molar-refractivity contribution >= 4 is 29.1 Å². The molecule has 0 bridgehead atoms. The molecule has 0 radical (unpaired) electrons. The quantitative estimate of drug-likeness (QED) is 0.907. The second-order valence-corrected chi connectivity index (χ2v) is 5.86. The number of hydrogen-bond donors (Lipinski definition) is 1. The van der Waals surface area contributed by atoms with Gasteiger partial charge in [-0.25, -0.2) is 0 Å². The van der Waals surface area contributed by atoms with Gasteiger partial charge in [-0.3, -0.25) is 4.79 Å². The summed E-state index contributed by atoms with van der Waals surface area (Å²) in [4.78, 5) is 13.7. The highest BCUT2D eigenvalue weighted by atomic mass is 35.5. The zero-order chi connectivity index (χ0) is 14.6. The molecule has 1 amide bonds. The van der Waals surface area contributed by atoms with Crippen LogP contribution in [0.2, 0.25) is 10.0 Å². The van der Waals surface area contributed by atoms with Crippen LogP contribution in [-0.2, 0) is 11.3 Å². The van der Waals surface area contributed by atoms with Crippen LogP contribution in [0.25, 0.3) is 0 Å². The minimum Gasteiger partial charge on any atom is -0.341 e. The molecule has 0 aliphatic heterocycles. The summed E-state index contributed by atoms with van der Waals surface area (Å²) in [6, 6.07) is 5.29. The van der Waals surface area contributed by atoms with Gasteiger partial charge < -0.3 is 10.6 Å². The van der Waals surface area contributed by atoms with Gasteiger partial charge in [0, 0.05) is 26.1 Å². The van der Waals surface area contributed by atoms with E-state index in [2.05, 4.69) is 0 Å². The third-order valence-electron chi connectivity index (χ3n) is 3.13. The van der Waals surface area contributed by atoms with E-state index in [0.29, 0.717) is 23.0 Å². The average Bonchev–Trinajstić information content (AvgIpc) is 2.34. The molecular formula is C14H20Cl2N2O. The molecule has 5 heteroatoms. The Kier molecular flexibility index (Phi) is 6.11. The van der Waals surface area contributed by atoms with Gasteiger partial charge in [-0.2, -0.15) is 0 Å². The zero-order valence-corrected chi connectivity index (χ0v) is 13.0. The first-order valence-electron chi connectivity index (χ1n) is 6.25. The molecule has 3 nitrogen and oxygen atoms in total. The van der Waals surface area contributed by atoms with Gasteiger partial charge in [0.2, 0.25) is 5.91 Å². The van der Waals surface area contributed by atoms with Gasteiger partial charge in [0.15, 0.2) is 0 Å². The summed E-state index contributed by atoms with van der Waals surface area (Å²) in [5, 5.41) is 0.996. The molecule has 1 rings (SSSR count). The Balaban J connectivity index is 2.66. The molecule has 0 saturated heterocycles. The Bertz CT molecular complexity index is 449. The first kappa shape index (κ1) is 16.3. The summed E-state index contributed by atoms with van der Waals surface area (Å²) in [5.74, 6) is 0.296. The van der Waals surface area contributed by atoms with Crippen LogP contribution in [0, 0.1) is 5.92 Å². The Hall–Kier alpha value is -0.770. The first-order chi connectivity index (χ1) is 8.82. The van der Waals surface area contributed by atoms with Gasteiger partial charge in [0.1, 0.15) is 0 Å². The Morgan fingerprint density at radius 1 is 1.37 bits per heavy atom. The molecule has 106 valence electrons. The monoisotopic (exact) mass is 302 g/mol. The first-order valence-corrected chi connectivity index (χ1v) is 7.01. The van der Waals surface area contributed by atoms with Crippen molar-refractivity contribution in [1.29, 1.82) is 0 Å². The van der Waals surface area contributed by atoms with E-state index < -0.39 is 0 Å². The average molecular weight is 303 g/mol. The van der Waals surface area contributed by atoms with Crippen LogP contribution in [-0.4, -0.2) is 23.9 Å². The third-order valence-corrected chi connectivity index (χ3v) is 3.99. The summed E-state index contributed by atoms with van der Waals surface area (Å²) in [6.07, 6.45) is 0.340. The zero-order valence-electron chi connectivity index (χ0n) is 11.5. The van der Waals surface area contributed by atoms with Crippen molar-refractivity contribution in [3.05, 3.63) is 33.8 Å². The van der Waals surface area contributed by atoms with Crippen molar-refractivity contribution in [2.75, 3.05) is 7.05 Å². The van der Waals surface area contributed by atoms with E-state index in [0.717, 1.165) is 5.56 Å². The number of carbonyl (C=O) groups is 1. The van der Waals surface area contributed by atoms with Crippen LogP contribution in [0.3, 0.4) is 0 Å². The van der Waals surface area contributed by atoms with Gasteiger partial charge in [0.25, 0.3) is 0 Å². The second kappa shape index (κ2) is 7.13. The number of carbonyl (C=O) groups excluding carboxylic acids is 1. The number of amides is 1. The standard InChI is InChI=1S/C14H20Cl2N2O/c1-9(2)12(17)7-13(19)18(3)8-10-5-4-6-11(15)14(10)16/h4-6,9,12H,7-8,17H2,1-3H3. The lowest BCUT2D eigenvalue weighted by Crippen LogP contribution is -2.35. The van der Waals surface area contributed by atoms with Crippen molar-refractivity contribution < 1.29 is 4.79 Å². The van der Waals surface area contributed by atoms with Crippen molar-refractivity contribution in [3.63, 3.8) is 0 Å². The molecule has 1 atom stereocenters. The normalized spacial score (nSPS) is 12.6. The lowest BCUT2D eigenvalue weighted by molar-refractivity contribution is -0.131. The van der Waals surface area contributed by atoms with Gasteiger partial charge >= 0.3 is 0 Å². The maximum Gasteiger partial charge on any atom is 0.224 e. The summed E-state index contributed by atoms with van der Waals surface area (Å²) >= 11 is 12.1. The molecule has 2 N–H and O–H groups in total. The summed E-state index contributed by atoms with van der Waals surface area (Å²) in [7, 11) is 1.74. The fourth-order valence-corrected chi connectivity index (χ4v) is 1.99. The smallest absolute Gasteiger partial charge is 0.224 e. The van der Waals surface area contributed by atoms with Gasteiger partial charge in [-0.1, -0.05) is 49.2 Å². The van der Waals surface area contributed by atoms with E-state index in [1.165, 1.54) is 0 Å². The highest BCUT2D eigenvalue weighted by Gasteiger charge is 2.17. The highest BCUT2D eigenvalue weighted by molar-refractivity contribution is 6.42. The Labute approximate surface area is 124 Å². The van der Waals surface area contributed by atoms with E-state index in [1.807, 2.05) is 26.0 Å². The van der Waals surface area contributed by atoms with Crippen LogP contribution in [0.1, 0.15) is 25.8 Å². The summed E-state index contributed by atoms with van der Waals surface area (Å²) in [6.45, 7) is 4.45. The van der Waals surface area contributed by atoms with Gasteiger partial charge in [-0.15, -0.1) is 0 Å². The Morgan fingerprint density at radius 3 is 2.58 bits per heavy atom. The van der Waals surface area contributed by atoms with Crippen LogP contribution < -0.4 is 5.73 Å². The number of hydrogen-bond acceptors (Lipinski definition) is 2. The SMILES string of the molecule is CC(C)C(N)CC(=O)N(C)Cc1cccc(Cl)c1Cl. The van der Waals surface area contributed by atoms with Gasteiger partial charge in [-0.05, 0) is 17.5 Å². The van der Waals surface area contributed by atoms with Crippen molar-refractivity contribution in [3.8, 4) is 0 Å². The second-order valence-electron chi connectivity index (χ2n) is 5.07. The van der Waals surface area contributed by atoms with E-state index in [1.54, 1.807) is 18.0 Å². The molecule has 1 aromatic rings. The third kappa shape index (κ3) is 4.68. The predicted octanol–water partition coefficient (Wildman–Crippen LogP) is 3.33. The number of nitrogens with two attached hydrogens (primary N) is 1. The fourth-order valence-electron chi connectivity index (χ4n) is 1.61. The molecule has 1 unspecified atom stereocenters. The van der Waals surface area contributed by atoms with E-state index >= 15 is 0 Å². The molecule has 0 heterocycles. The highest BCUT2D eigenvalue weighted by Crippen LogP contribution is 2.26. The van der Waals surface area contributed by atoms with E-state index in [4.69, 9.17) is 28.9 Å². The number of nitrogens with zero attached hydrogens (tertiary/aromatic N) is 1. The minimum absolute atomic E-state index is 0.0113. The lowest BCUT2D eigenvalue weighted by atomic mass is 10.0. The van der Waals surface area contributed by atoms with Crippen molar-refractivity contribution in [1.82, 2.24) is 4.90 Å². The van der Waals surface area contributed by atoms with E-state index in [-0.39, 0.29) is 17.9 Å². The molecule has 0 fully saturated rings. The number of rotatable bonds is 5. The summed E-state index contributed by atoms with van der Waals surface area (Å²) < 4.78 is 0.